The fourth-order valence-electron chi connectivity index (χ4n) is 3.73. The average molecular weight is 431 g/mol. The Hall–Kier alpha value is -4.00. The van der Waals surface area contributed by atoms with Gasteiger partial charge >= 0.3 is 0 Å². The van der Waals surface area contributed by atoms with Crippen molar-refractivity contribution in [3.8, 4) is 11.5 Å². The zero-order chi connectivity index (χ0) is 22.5. The molecule has 1 amide bonds. The van der Waals surface area contributed by atoms with Gasteiger partial charge < -0.3 is 14.7 Å². The van der Waals surface area contributed by atoms with Crippen molar-refractivity contribution in [1.82, 2.24) is 9.58 Å². The van der Waals surface area contributed by atoms with Gasteiger partial charge in [0.25, 0.3) is 5.91 Å². The second-order valence-electron chi connectivity index (χ2n) is 7.56. The molecular formula is C25H25N3O4. The summed E-state index contributed by atoms with van der Waals surface area (Å²) in [6.07, 6.45) is 5.25. The number of carbonyl (C=O) groups is 1. The van der Waals surface area contributed by atoms with E-state index in [0.29, 0.717) is 26.4 Å². The molecule has 164 valence electrons. The second kappa shape index (κ2) is 9.43. The number of hydrogen-bond donors (Lipinski definition) is 1. The van der Waals surface area contributed by atoms with Crippen molar-refractivity contribution in [2.75, 3.05) is 24.8 Å². The first-order valence-corrected chi connectivity index (χ1v) is 10.4. The Balaban J connectivity index is 0.000000354. The topological polar surface area (TPSA) is 75.0 Å². The van der Waals surface area contributed by atoms with Crippen LogP contribution in [0.1, 0.15) is 21.6 Å². The normalized spacial score (nSPS) is 15.8. The maximum Gasteiger partial charge on any atom is 0.278 e. The van der Waals surface area contributed by atoms with Gasteiger partial charge in [0.05, 0.1) is 6.54 Å². The lowest BCUT2D eigenvalue weighted by molar-refractivity contribution is 0.0706. The number of nitrogens with zero attached hydrogens (tertiary/aromatic N) is 3. The fraction of sp³-hybridized carbons (Fsp3) is 0.200. The summed E-state index contributed by atoms with van der Waals surface area (Å²) in [4.78, 5) is 26.2. The van der Waals surface area contributed by atoms with Crippen LogP contribution < -0.4 is 15.2 Å². The van der Waals surface area contributed by atoms with Crippen LogP contribution in [0.2, 0.25) is 0 Å². The van der Waals surface area contributed by atoms with Gasteiger partial charge in [-0.15, -0.1) is 0 Å². The number of amides is 1. The highest BCUT2D eigenvalue weighted by molar-refractivity contribution is 5.96. The van der Waals surface area contributed by atoms with Crippen molar-refractivity contribution in [2.45, 2.75) is 13.5 Å². The van der Waals surface area contributed by atoms with Gasteiger partial charge in [0.2, 0.25) is 5.43 Å². The molecule has 0 radical (unpaired) electrons. The van der Waals surface area contributed by atoms with Crippen LogP contribution in [-0.2, 0) is 6.54 Å². The third-order valence-corrected chi connectivity index (χ3v) is 5.31. The second-order valence-corrected chi connectivity index (χ2v) is 7.56. The van der Waals surface area contributed by atoms with Crippen LogP contribution in [0, 0.1) is 6.92 Å². The molecule has 2 aromatic carbocycles. The molecule has 5 rings (SSSR count). The van der Waals surface area contributed by atoms with Gasteiger partial charge in [0.15, 0.2) is 11.4 Å². The lowest BCUT2D eigenvalue weighted by Gasteiger charge is -2.39. The van der Waals surface area contributed by atoms with E-state index in [-0.39, 0.29) is 11.6 Å². The van der Waals surface area contributed by atoms with E-state index in [1.807, 2.05) is 78.7 Å². The number of hydrogen-bond acceptors (Lipinski definition) is 5. The Labute approximate surface area is 186 Å². The number of pyridine rings is 1. The molecule has 2 aliphatic heterocycles. The molecule has 3 aromatic rings. The van der Waals surface area contributed by atoms with E-state index in [0.717, 1.165) is 16.9 Å². The van der Waals surface area contributed by atoms with Crippen LogP contribution in [0.25, 0.3) is 0 Å². The van der Waals surface area contributed by atoms with Crippen molar-refractivity contribution >= 4 is 5.91 Å². The summed E-state index contributed by atoms with van der Waals surface area (Å²) in [6, 6.07) is 19.2. The summed E-state index contributed by atoms with van der Waals surface area (Å²) in [7, 11) is 0. The van der Waals surface area contributed by atoms with Gasteiger partial charge in [0.1, 0.15) is 19.0 Å². The number of aromatic hydroxyl groups is 1. The summed E-state index contributed by atoms with van der Waals surface area (Å²) in [5, 5.41) is 12.1. The first-order valence-electron chi connectivity index (χ1n) is 10.4. The number of benzene rings is 2. The summed E-state index contributed by atoms with van der Waals surface area (Å²) >= 11 is 0. The Morgan fingerprint density at radius 3 is 2.38 bits per heavy atom. The van der Waals surface area contributed by atoms with Gasteiger partial charge in [-0.3, -0.25) is 19.3 Å². The van der Waals surface area contributed by atoms with E-state index >= 15 is 0 Å². The van der Waals surface area contributed by atoms with Gasteiger partial charge in [-0.25, -0.2) is 0 Å². The molecule has 0 aliphatic carbocycles. The van der Waals surface area contributed by atoms with E-state index in [1.54, 1.807) is 9.58 Å². The van der Waals surface area contributed by atoms with Crippen molar-refractivity contribution in [3.63, 3.8) is 0 Å². The Kier molecular flexibility index (Phi) is 6.26. The minimum atomic E-state index is -0.564. The molecular weight excluding hydrogens is 406 g/mol. The maximum absolute atomic E-state index is 12.8. The van der Waals surface area contributed by atoms with Crippen LogP contribution >= 0.6 is 0 Å². The zero-order valence-corrected chi connectivity index (χ0v) is 17.8. The molecule has 1 N–H and O–H groups in total. The molecule has 7 heteroatoms. The monoisotopic (exact) mass is 431 g/mol. The van der Waals surface area contributed by atoms with Crippen LogP contribution in [0.5, 0.6) is 11.5 Å². The van der Waals surface area contributed by atoms with Crippen LogP contribution in [-0.4, -0.2) is 40.4 Å². The standard InChI is InChI=1S/C19H19N3O4.C6H6/c1-13-5-4-6-14-11-21-12-20(8-2-3-10-26-18(13)14)19(25)16-17(24)15(23)7-9-22(16)21;1-2-4-6-5-3-1/h2-7,9,24H,8,10-12H2,1H3;1-6H/b3-2-;. The van der Waals surface area contributed by atoms with E-state index in [4.69, 9.17) is 4.74 Å². The highest BCUT2D eigenvalue weighted by Gasteiger charge is 2.32. The molecule has 32 heavy (non-hydrogen) atoms. The van der Waals surface area contributed by atoms with Gasteiger partial charge in [-0.1, -0.05) is 60.7 Å². The summed E-state index contributed by atoms with van der Waals surface area (Å²) in [6.45, 7) is 3.58. The van der Waals surface area contributed by atoms with Crippen LogP contribution in [0.15, 0.2) is 83.8 Å². The smallest absolute Gasteiger partial charge is 0.278 e. The van der Waals surface area contributed by atoms with Gasteiger partial charge in [-0.05, 0) is 18.6 Å². The Morgan fingerprint density at radius 1 is 0.938 bits per heavy atom. The molecule has 2 bridgehead atoms. The SMILES string of the molecule is Cc1cccc2c1OC/C=C\CN1CN(C2)n2ccc(=O)c(O)c2C1=O.c1ccccc1. The molecule has 0 spiro atoms. The van der Waals surface area contributed by atoms with Crippen molar-refractivity contribution in [1.29, 1.82) is 0 Å². The Bertz CT molecular complexity index is 1160. The average Bonchev–Trinajstić information content (AvgIpc) is 2.84. The highest BCUT2D eigenvalue weighted by Crippen LogP contribution is 2.27. The Morgan fingerprint density at radius 2 is 1.66 bits per heavy atom. The third kappa shape index (κ3) is 4.37. The first-order chi connectivity index (χ1) is 15.6. The predicted molar refractivity (Wildman–Crippen MR) is 122 cm³/mol. The molecule has 0 fully saturated rings. The lowest BCUT2D eigenvalue weighted by atomic mass is 10.1. The van der Waals surface area contributed by atoms with E-state index < -0.39 is 11.2 Å². The van der Waals surface area contributed by atoms with E-state index in [9.17, 15) is 14.7 Å². The number of rotatable bonds is 0. The summed E-state index contributed by atoms with van der Waals surface area (Å²) in [5.41, 5.74) is 1.43. The molecule has 0 unspecified atom stereocenters. The number of carbonyl (C=O) groups excluding carboxylic acids is 1. The summed E-state index contributed by atoms with van der Waals surface area (Å²) < 4.78 is 7.49. The quantitative estimate of drug-likeness (QED) is 0.554. The van der Waals surface area contributed by atoms with Crippen molar-refractivity contribution < 1.29 is 14.6 Å². The zero-order valence-electron chi connectivity index (χ0n) is 17.8. The van der Waals surface area contributed by atoms with Crippen molar-refractivity contribution in [2.24, 2.45) is 0 Å². The number of para-hydroxylation sites is 1. The third-order valence-electron chi connectivity index (χ3n) is 5.31. The largest absolute Gasteiger partial charge is 0.502 e. The summed E-state index contributed by atoms with van der Waals surface area (Å²) in [5.74, 6) is -0.0770. The van der Waals surface area contributed by atoms with Crippen molar-refractivity contribution in [3.05, 3.63) is 106 Å². The molecule has 2 aliphatic rings. The number of ether oxygens (including phenoxy) is 1. The van der Waals surface area contributed by atoms with Gasteiger partial charge in [0, 0.05) is 24.4 Å². The first kappa shape index (κ1) is 21.2. The fourth-order valence-corrected chi connectivity index (χ4v) is 3.73. The molecule has 0 atom stereocenters. The van der Waals surface area contributed by atoms with Crippen LogP contribution in [0.4, 0.5) is 0 Å². The number of aryl methyl sites for hydroxylation is 1. The minimum Gasteiger partial charge on any atom is -0.502 e. The molecule has 0 saturated heterocycles. The number of fused-ring (bicyclic) bond motifs is 5. The lowest BCUT2D eigenvalue weighted by Crippen LogP contribution is -2.53. The molecule has 1 aromatic heterocycles. The minimum absolute atomic E-state index is 0.00785. The maximum atomic E-state index is 12.8. The molecule has 3 heterocycles. The van der Waals surface area contributed by atoms with Crippen LogP contribution in [0.3, 0.4) is 0 Å². The van der Waals surface area contributed by atoms with Gasteiger partial charge in [-0.2, -0.15) is 0 Å². The predicted octanol–water partition coefficient (Wildman–Crippen LogP) is 3.05. The molecule has 0 saturated carbocycles. The van der Waals surface area contributed by atoms with E-state index in [2.05, 4.69) is 0 Å². The highest BCUT2D eigenvalue weighted by atomic mass is 16.5. The number of aromatic nitrogens is 1. The molecule has 7 nitrogen and oxygen atoms in total. The van der Waals surface area contributed by atoms with E-state index in [1.165, 1.54) is 12.3 Å².